The molecular formula is C12H16N4O2. The van der Waals surface area contributed by atoms with Crippen molar-refractivity contribution in [3.63, 3.8) is 0 Å². The van der Waals surface area contributed by atoms with E-state index in [0.717, 1.165) is 5.56 Å². The summed E-state index contributed by atoms with van der Waals surface area (Å²) in [5, 5.41) is 2.33. The monoisotopic (exact) mass is 248 g/mol. The van der Waals surface area contributed by atoms with Crippen LogP contribution in [0.3, 0.4) is 0 Å². The molecule has 1 saturated heterocycles. The molecule has 0 spiro atoms. The van der Waals surface area contributed by atoms with Crippen LogP contribution in [0.15, 0.2) is 18.3 Å². The number of hydrogen-bond donors (Lipinski definition) is 2. The number of carbonyl (C=O) groups is 2. The topological polar surface area (TPSA) is 88.3 Å². The molecule has 0 aromatic carbocycles. The van der Waals surface area contributed by atoms with Crippen molar-refractivity contribution in [3.8, 4) is 0 Å². The highest BCUT2D eigenvalue weighted by molar-refractivity contribution is 6.06. The third-order valence-corrected chi connectivity index (χ3v) is 3.11. The van der Waals surface area contributed by atoms with E-state index < -0.39 is 5.54 Å². The van der Waals surface area contributed by atoms with E-state index in [1.165, 1.54) is 0 Å². The molecule has 0 atom stereocenters. The number of imide groups is 1. The van der Waals surface area contributed by atoms with E-state index in [-0.39, 0.29) is 18.4 Å². The maximum absolute atomic E-state index is 11.8. The van der Waals surface area contributed by atoms with Crippen molar-refractivity contribution in [3.05, 3.63) is 23.9 Å². The summed E-state index contributed by atoms with van der Waals surface area (Å²) in [4.78, 5) is 29.2. The number of pyridine rings is 1. The molecule has 0 radical (unpaired) electrons. The van der Waals surface area contributed by atoms with Crippen molar-refractivity contribution in [1.82, 2.24) is 10.3 Å². The number of aromatic nitrogens is 1. The van der Waals surface area contributed by atoms with Crippen molar-refractivity contribution < 1.29 is 9.59 Å². The molecule has 6 heteroatoms. The fourth-order valence-corrected chi connectivity index (χ4v) is 1.89. The Hall–Kier alpha value is -1.95. The van der Waals surface area contributed by atoms with Crippen LogP contribution in [0.1, 0.15) is 19.4 Å². The second kappa shape index (κ2) is 4.38. The zero-order valence-corrected chi connectivity index (χ0v) is 10.4. The number of rotatable bonds is 2. The fraction of sp³-hybridized carbons (Fsp3) is 0.417. The largest absolute Gasteiger partial charge is 0.333 e. The van der Waals surface area contributed by atoms with Crippen molar-refractivity contribution in [2.75, 3.05) is 11.4 Å². The molecule has 0 saturated carbocycles. The molecule has 1 aromatic heterocycles. The zero-order chi connectivity index (χ0) is 13.3. The Kier molecular flexibility index (Phi) is 3.04. The Morgan fingerprint density at radius 3 is 2.89 bits per heavy atom. The van der Waals surface area contributed by atoms with Gasteiger partial charge in [-0.25, -0.2) is 4.98 Å². The molecule has 0 bridgehead atoms. The summed E-state index contributed by atoms with van der Waals surface area (Å²) >= 11 is 0. The quantitative estimate of drug-likeness (QED) is 0.706. The van der Waals surface area contributed by atoms with Gasteiger partial charge in [-0.3, -0.25) is 14.9 Å². The second-order valence-corrected chi connectivity index (χ2v) is 4.75. The zero-order valence-electron chi connectivity index (χ0n) is 10.4. The molecule has 96 valence electrons. The SMILES string of the molecule is CC1(C)C(=O)NC(=O)CN1c1cc(CN)ccn1. The number of nitrogens with zero attached hydrogens (tertiary/aromatic N) is 2. The maximum Gasteiger partial charge on any atom is 0.251 e. The van der Waals surface area contributed by atoms with Crippen LogP contribution in [0, 0.1) is 0 Å². The van der Waals surface area contributed by atoms with Crippen LogP contribution in [0.4, 0.5) is 5.82 Å². The number of amides is 2. The van der Waals surface area contributed by atoms with Gasteiger partial charge in [-0.05, 0) is 31.5 Å². The minimum absolute atomic E-state index is 0.111. The lowest BCUT2D eigenvalue weighted by molar-refractivity contribution is -0.135. The molecule has 2 rings (SSSR count). The first-order valence-electron chi connectivity index (χ1n) is 5.72. The second-order valence-electron chi connectivity index (χ2n) is 4.75. The lowest BCUT2D eigenvalue weighted by Gasteiger charge is -2.41. The summed E-state index contributed by atoms with van der Waals surface area (Å²) in [6.45, 7) is 4.01. The molecule has 2 amide bonds. The van der Waals surface area contributed by atoms with E-state index in [0.29, 0.717) is 12.4 Å². The molecule has 2 heterocycles. The first-order chi connectivity index (χ1) is 8.45. The summed E-state index contributed by atoms with van der Waals surface area (Å²) in [5.41, 5.74) is 5.68. The number of anilines is 1. The van der Waals surface area contributed by atoms with Crippen molar-refractivity contribution in [1.29, 1.82) is 0 Å². The van der Waals surface area contributed by atoms with Gasteiger partial charge < -0.3 is 10.6 Å². The number of hydrogen-bond acceptors (Lipinski definition) is 5. The number of nitrogens with one attached hydrogen (secondary N) is 1. The lowest BCUT2D eigenvalue weighted by Crippen LogP contribution is -2.64. The van der Waals surface area contributed by atoms with E-state index in [4.69, 9.17) is 5.73 Å². The van der Waals surface area contributed by atoms with E-state index >= 15 is 0 Å². The van der Waals surface area contributed by atoms with Gasteiger partial charge >= 0.3 is 0 Å². The predicted molar refractivity (Wildman–Crippen MR) is 66.7 cm³/mol. The average molecular weight is 248 g/mol. The predicted octanol–water partition coefficient (Wildman–Crippen LogP) is -0.218. The Bertz CT molecular complexity index is 499. The lowest BCUT2D eigenvalue weighted by atomic mass is 9.98. The smallest absolute Gasteiger partial charge is 0.251 e. The molecule has 1 aromatic rings. The van der Waals surface area contributed by atoms with Gasteiger partial charge in [0.1, 0.15) is 11.4 Å². The number of piperazine rings is 1. The normalized spacial score (nSPS) is 18.7. The molecular weight excluding hydrogens is 232 g/mol. The molecule has 18 heavy (non-hydrogen) atoms. The molecule has 1 aliphatic rings. The number of carbonyl (C=O) groups excluding carboxylic acids is 2. The van der Waals surface area contributed by atoms with Crippen LogP contribution >= 0.6 is 0 Å². The van der Waals surface area contributed by atoms with Gasteiger partial charge in [0.15, 0.2) is 0 Å². The Morgan fingerprint density at radius 2 is 2.22 bits per heavy atom. The Balaban J connectivity index is 2.40. The maximum atomic E-state index is 11.8. The summed E-state index contributed by atoms with van der Waals surface area (Å²) in [5.74, 6) is -0.0517. The van der Waals surface area contributed by atoms with Crippen molar-refractivity contribution >= 4 is 17.6 Å². The van der Waals surface area contributed by atoms with Gasteiger partial charge in [0, 0.05) is 12.7 Å². The van der Waals surface area contributed by atoms with Gasteiger partial charge in [-0.2, -0.15) is 0 Å². The third kappa shape index (κ3) is 2.06. The molecule has 0 unspecified atom stereocenters. The standard InChI is InChI=1S/C12H16N4O2/c1-12(2)11(18)15-10(17)7-16(12)9-5-8(6-13)3-4-14-9/h3-5H,6-7,13H2,1-2H3,(H,15,17,18). The molecule has 3 N–H and O–H groups in total. The molecule has 0 aliphatic carbocycles. The summed E-state index contributed by atoms with van der Waals surface area (Å²) in [6, 6.07) is 3.61. The van der Waals surface area contributed by atoms with Crippen molar-refractivity contribution in [2.45, 2.75) is 25.9 Å². The van der Waals surface area contributed by atoms with E-state index in [2.05, 4.69) is 10.3 Å². The van der Waals surface area contributed by atoms with Gasteiger partial charge in [0.2, 0.25) is 5.91 Å². The number of nitrogens with two attached hydrogens (primary N) is 1. The van der Waals surface area contributed by atoms with Crippen LogP contribution in [0.25, 0.3) is 0 Å². The van der Waals surface area contributed by atoms with Crippen LogP contribution in [0.5, 0.6) is 0 Å². The molecule has 6 nitrogen and oxygen atoms in total. The highest BCUT2D eigenvalue weighted by Gasteiger charge is 2.41. The van der Waals surface area contributed by atoms with Crippen LogP contribution in [-0.4, -0.2) is 28.9 Å². The van der Waals surface area contributed by atoms with Gasteiger partial charge in [-0.1, -0.05) is 0 Å². The minimum atomic E-state index is -0.811. The van der Waals surface area contributed by atoms with Crippen LogP contribution < -0.4 is 16.0 Å². The Morgan fingerprint density at radius 1 is 1.50 bits per heavy atom. The van der Waals surface area contributed by atoms with Crippen LogP contribution in [0.2, 0.25) is 0 Å². The van der Waals surface area contributed by atoms with E-state index in [1.807, 2.05) is 6.07 Å². The first kappa shape index (κ1) is 12.5. The third-order valence-electron chi connectivity index (χ3n) is 3.11. The average Bonchev–Trinajstić information content (AvgIpc) is 2.34. The highest BCUT2D eigenvalue weighted by atomic mass is 16.2. The molecule has 1 aliphatic heterocycles. The van der Waals surface area contributed by atoms with E-state index in [9.17, 15) is 9.59 Å². The highest BCUT2D eigenvalue weighted by Crippen LogP contribution is 2.25. The molecule has 1 fully saturated rings. The van der Waals surface area contributed by atoms with Gasteiger partial charge in [0.05, 0.1) is 6.54 Å². The minimum Gasteiger partial charge on any atom is -0.333 e. The summed E-state index contributed by atoms with van der Waals surface area (Å²) < 4.78 is 0. The van der Waals surface area contributed by atoms with Crippen LogP contribution in [-0.2, 0) is 16.1 Å². The fourth-order valence-electron chi connectivity index (χ4n) is 1.89. The van der Waals surface area contributed by atoms with E-state index in [1.54, 1.807) is 31.0 Å². The Labute approximate surface area is 105 Å². The van der Waals surface area contributed by atoms with Crippen molar-refractivity contribution in [2.24, 2.45) is 5.73 Å². The van der Waals surface area contributed by atoms with Gasteiger partial charge in [0.25, 0.3) is 5.91 Å². The summed E-state index contributed by atoms with van der Waals surface area (Å²) in [6.07, 6.45) is 1.63. The summed E-state index contributed by atoms with van der Waals surface area (Å²) in [7, 11) is 0. The van der Waals surface area contributed by atoms with Gasteiger partial charge in [-0.15, -0.1) is 0 Å². The first-order valence-corrected chi connectivity index (χ1v) is 5.72.